The highest BCUT2D eigenvalue weighted by Gasteiger charge is 2.11. The molecule has 2 rings (SSSR count). The summed E-state index contributed by atoms with van der Waals surface area (Å²) in [5, 5.41) is 3.42. The molecule has 0 spiro atoms. The summed E-state index contributed by atoms with van der Waals surface area (Å²) in [5.41, 5.74) is 1.22. The Kier molecular flexibility index (Phi) is 4.80. The van der Waals surface area contributed by atoms with E-state index in [0.717, 1.165) is 32.8 Å². The zero-order valence-electron chi connectivity index (χ0n) is 9.52. The first-order valence-electron chi connectivity index (χ1n) is 5.88. The van der Waals surface area contributed by atoms with Gasteiger partial charge in [0.2, 0.25) is 0 Å². The molecule has 3 nitrogen and oxygen atoms in total. The zero-order chi connectivity index (χ0) is 11.1. The van der Waals surface area contributed by atoms with Crippen LogP contribution in [0.5, 0.6) is 0 Å². The molecule has 1 aliphatic rings. The van der Waals surface area contributed by atoms with Gasteiger partial charge in [0, 0.05) is 6.61 Å². The molecule has 0 bridgehead atoms. The van der Waals surface area contributed by atoms with Gasteiger partial charge < -0.3 is 14.8 Å². The molecule has 1 aromatic carbocycles. The van der Waals surface area contributed by atoms with E-state index in [1.54, 1.807) is 0 Å². The molecule has 0 aromatic heterocycles. The number of rotatable bonds is 4. The zero-order valence-corrected chi connectivity index (χ0v) is 9.52. The van der Waals surface area contributed by atoms with Crippen molar-refractivity contribution in [2.75, 3.05) is 26.4 Å². The van der Waals surface area contributed by atoms with E-state index in [-0.39, 0.29) is 0 Å². The fraction of sp³-hybridized carbons (Fsp3) is 0.538. The molecule has 0 saturated carbocycles. The van der Waals surface area contributed by atoms with Gasteiger partial charge in [-0.05, 0) is 18.5 Å². The molecule has 3 heteroatoms. The van der Waals surface area contributed by atoms with Crippen LogP contribution in [0, 0.1) is 0 Å². The predicted octanol–water partition coefficient (Wildman–Crippen LogP) is 1.58. The van der Waals surface area contributed by atoms with E-state index in [4.69, 9.17) is 9.47 Å². The van der Waals surface area contributed by atoms with Gasteiger partial charge in [0.05, 0.1) is 25.9 Å². The minimum absolute atomic E-state index is 0.339. The lowest BCUT2D eigenvalue weighted by molar-refractivity contribution is 0.0622. The van der Waals surface area contributed by atoms with Crippen LogP contribution in [0.1, 0.15) is 12.0 Å². The van der Waals surface area contributed by atoms with Crippen LogP contribution in [0.4, 0.5) is 0 Å². The summed E-state index contributed by atoms with van der Waals surface area (Å²) < 4.78 is 11.1. The lowest BCUT2D eigenvalue weighted by Gasteiger charge is -2.15. The lowest BCUT2D eigenvalue weighted by atomic mass is 10.2. The second-order valence-electron chi connectivity index (χ2n) is 4.08. The van der Waals surface area contributed by atoms with Crippen molar-refractivity contribution in [2.45, 2.75) is 19.1 Å². The van der Waals surface area contributed by atoms with Crippen molar-refractivity contribution in [2.24, 2.45) is 0 Å². The topological polar surface area (TPSA) is 30.5 Å². The molecule has 16 heavy (non-hydrogen) atoms. The quantitative estimate of drug-likeness (QED) is 0.837. The normalized spacial score (nSPS) is 21.6. The van der Waals surface area contributed by atoms with Gasteiger partial charge in [-0.3, -0.25) is 0 Å². The molecular weight excluding hydrogens is 202 g/mol. The fourth-order valence-electron chi connectivity index (χ4n) is 1.77. The van der Waals surface area contributed by atoms with Crippen molar-refractivity contribution in [3.63, 3.8) is 0 Å². The van der Waals surface area contributed by atoms with E-state index in [2.05, 4.69) is 17.4 Å². The summed E-state index contributed by atoms with van der Waals surface area (Å²) >= 11 is 0. The predicted molar refractivity (Wildman–Crippen MR) is 63.3 cm³/mol. The van der Waals surface area contributed by atoms with E-state index in [9.17, 15) is 0 Å². The fourth-order valence-corrected chi connectivity index (χ4v) is 1.77. The van der Waals surface area contributed by atoms with Crippen LogP contribution in [0.3, 0.4) is 0 Å². The van der Waals surface area contributed by atoms with Crippen LogP contribution in [0.15, 0.2) is 30.3 Å². The summed E-state index contributed by atoms with van der Waals surface area (Å²) in [7, 11) is 0. The molecule has 0 aliphatic carbocycles. The van der Waals surface area contributed by atoms with Crippen LogP contribution in [0.2, 0.25) is 0 Å². The molecule has 0 unspecified atom stereocenters. The van der Waals surface area contributed by atoms with E-state index in [1.807, 2.05) is 18.2 Å². The third-order valence-corrected chi connectivity index (χ3v) is 2.65. The second kappa shape index (κ2) is 6.63. The molecule has 1 atom stereocenters. The molecule has 1 heterocycles. The van der Waals surface area contributed by atoms with E-state index < -0.39 is 0 Å². The number of benzene rings is 1. The first kappa shape index (κ1) is 11.6. The van der Waals surface area contributed by atoms with Crippen LogP contribution >= 0.6 is 0 Å². The maximum absolute atomic E-state index is 5.67. The maximum atomic E-state index is 5.67. The van der Waals surface area contributed by atoms with Gasteiger partial charge in [0.25, 0.3) is 0 Å². The number of ether oxygens (including phenoxy) is 2. The molecule has 0 radical (unpaired) electrons. The molecule has 1 aromatic rings. The first-order valence-corrected chi connectivity index (χ1v) is 5.88. The number of hydrogen-bond acceptors (Lipinski definition) is 3. The van der Waals surface area contributed by atoms with Crippen molar-refractivity contribution in [3.8, 4) is 0 Å². The van der Waals surface area contributed by atoms with Crippen LogP contribution in [-0.4, -0.2) is 32.4 Å². The monoisotopic (exact) mass is 221 g/mol. The summed E-state index contributed by atoms with van der Waals surface area (Å²) in [6.07, 6.45) is 1.09. The summed E-state index contributed by atoms with van der Waals surface area (Å²) in [6, 6.07) is 10.6. The smallest absolute Gasteiger partial charge is 0.0717 e. The molecular formula is C13H19NO2. The standard InChI is InChI=1S/C13H19NO2/c1-2-5-12(6-3-1)9-16-11-13-10-15-8-4-7-14-13/h1-3,5-6,13-14H,4,7-11H2/t13-/m0/s1. The number of hydrogen-bond donors (Lipinski definition) is 1. The SMILES string of the molecule is c1ccc(COC[C@@H]2COCCCN2)cc1. The second-order valence-corrected chi connectivity index (χ2v) is 4.08. The van der Waals surface area contributed by atoms with Crippen molar-refractivity contribution >= 4 is 0 Å². The van der Waals surface area contributed by atoms with Gasteiger partial charge in [-0.15, -0.1) is 0 Å². The van der Waals surface area contributed by atoms with Crippen LogP contribution in [-0.2, 0) is 16.1 Å². The molecule has 0 amide bonds. The van der Waals surface area contributed by atoms with Crippen LogP contribution < -0.4 is 5.32 Å². The minimum Gasteiger partial charge on any atom is -0.380 e. The Morgan fingerprint density at radius 3 is 3.06 bits per heavy atom. The van der Waals surface area contributed by atoms with E-state index in [1.165, 1.54) is 5.56 Å². The van der Waals surface area contributed by atoms with Crippen molar-refractivity contribution in [1.29, 1.82) is 0 Å². The molecule has 1 saturated heterocycles. The van der Waals surface area contributed by atoms with Gasteiger partial charge >= 0.3 is 0 Å². The largest absolute Gasteiger partial charge is 0.380 e. The maximum Gasteiger partial charge on any atom is 0.0717 e. The average molecular weight is 221 g/mol. The van der Waals surface area contributed by atoms with E-state index >= 15 is 0 Å². The van der Waals surface area contributed by atoms with Gasteiger partial charge in [0.1, 0.15) is 0 Å². The van der Waals surface area contributed by atoms with Crippen molar-refractivity contribution in [3.05, 3.63) is 35.9 Å². The Balaban J connectivity index is 1.67. The Labute approximate surface area is 96.8 Å². The van der Waals surface area contributed by atoms with E-state index in [0.29, 0.717) is 12.6 Å². The van der Waals surface area contributed by atoms with Crippen molar-refractivity contribution in [1.82, 2.24) is 5.32 Å². The highest BCUT2D eigenvalue weighted by Crippen LogP contribution is 2.02. The summed E-state index contributed by atoms with van der Waals surface area (Å²) in [6.45, 7) is 4.05. The minimum atomic E-state index is 0.339. The third-order valence-electron chi connectivity index (χ3n) is 2.65. The third kappa shape index (κ3) is 3.93. The van der Waals surface area contributed by atoms with Gasteiger partial charge in [-0.1, -0.05) is 30.3 Å². The van der Waals surface area contributed by atoms with Crippen LogP contribution in [0.25, 0.3) is 0 Å². The molecule has 1 aliphatic heterocycles. The van der Waals surface area contributed by atoms with Gasteiger partial charge in [-0.25, -0.2) is 0 Å². The Morgan fingerprint density at radius 1 is 1.31 bits per heavy atom. The van der Waals surface area contributed by atoms with Crippen molar-refractivity contribution < 1.29 is 9.47 Å². The highest BCUT2D eigenvalue weighted by molar-refractivity contribution is 5.13. The molecule has 1 N–H and O–H groups in total. The van der Waals surface area contributed by atoms with Gasteiger partial charge in [0.15, 0.2) is 0 Å². The van der Waals surface area contributed by atoms with Gasteiger partial charge in [-0.2, -0.15) is 0 Å². The Morgan fingerprint density at radius 2 is 2.19 bits per heavy atom. The summed E-state index contributed by atoms with van der Waals surface area (Å²) in [5.74, 6) is 0. The first-order chi connectivity index (χ1) is 7.95. The average Bonchev–Trinajstić information content (AvgIpc) is 2.59. The highest BCUT2D eigenvalue weighted by atomic mass is 16.5. The number of nitrogens with one attached hydrogen (secondary N) is 1. The lowest BCUT2D eigenvalue weighted by Crippen LogP contribution is -2.35. The summed E-state index contributed by atoms with van der Waals surface area (Å²) in [4.78, 5) is 0. The molecule has 1 fully saturated rings. The molecule has 88 valence electrons. The Hall–Kier alpha value is -0.900. The Bertz CT molecular complexity index is 281.